The molecule has 3 rings (SSSR count). The first-order valence-electron chi connectivity index (χ1n) is 7.99. The van der Waals surface area contributed by atoms with Crippen molar-refractivity contribution in [3.8, 4) is 0 Å². The normalized spacial score (nSPS) is 33.1. The van der Waals surface area contributed by atoms with Gasteiger partial charge in [-0.25, -0.2) is 4.98 Å². The Labute approximate surface area is 126 Å². The van der Waals surface area contributed by atoms with Gasteiger partial charge in [-0.3, -0.25) is 4.79 Å². The molecule has 5 heteroatoms. The lowest BCUT2D eigenvalue weighted by atomic mass is 9.90. The number of aryl methyl sites for hydroxylation is 1. The number of hydrogen-bond acceptors (Lipinski definition) is 4. The molecule has 1 amide bonds. The summed E-state index contributed by atoms with van der Waals surface area (Å²) in [4.78, 5) is 19.1. The van der Waals surface area contributed by atoms with Crippen LogP contribution in [-0.2, 0) is 11.3 Å². The number of nitrogens with one attached hydrogen (secondary N) is 1. The van der Waals surface area contributed by atoms with Gasteiger partial charge >= 0.3 is 0 Å². The molecule has 0 bridgehead atoms. The monoisotopic (exact) mass is 291 g/mol. The molecule has 1 saturated carbocycles. The highest BCUT2D eigenvalue weighted by Gasteiger charge is 2.43. The lowest BCUT2D eigenvalue weighted by Crippen LogP contribution is -2.49. The van der Waals surface area contributed by atoms with Crippen LogP contribution in [0, 0.1) is 18.8 Å². The van der Waals surface area contributed by atoms with E-state index in [1.54, 1.807) is 6.20 Å². The maximum atomic E-state index is 12.9. The van der Waals surface area contributed by atoms with Gasteiger partial charge in [0.05, 0.1) is 18.8 Å². The predicted molar refractivity (Wildman–Crippen MR) is 79.5 cm³/mol. The zero-order valence-electron chi connectivity index (χ0n) is 13.1. The van der Waals surface area contributed by atoms with Crippen LogP contribution in [0.5, 0.6) is 0 Å². The summed E-state index contributed by atoms with van der Waals surface area (Å²) in [5, 5.41) is 3.22. The fourth-order valence-electron chi connectivity index (χ4n) is 4.15. The van der Waals surface area contributed by atoms with E-state index in [9.17, 15) is 4.79 Å². The summed E-state index contributed by atoms with van der Waals surface area (Å²) in [5.41, 5.74) is 0. The van der Waals surface area contributed by atoms with Crippen molar-refractivity contribution in [3.05, 3.63) is 17.8 Å². The molecule has 21 heavy (non-hydrogen) atoms. The highest BCUT2D eigenvalue weighted by molar-refractivity contribution is 5.83. The number of nitrogens with zero attached hydrogens (tertiary/aromatic N) is 2. The third-order valence-corrected chi connectivity index (χ3v) is 5.12. The third kappa shape index (κ3) is 2.71. The highest BCUT2D eigenvalue weighted by atomic mass is 16.4. The van der Waals surface area contributed by atoms with Gasteiger partial charge in [-0.2, -0.15) is 0 Å². The molecule has 4 unspecified atom stereocenters. The van der Waals surface area contributed by atoms with Crippen LogP contribution in [0.25, 0.3) is 0 Å². The Morgan fingerprint density at radius 2 is 2.29 bits per heavy atom. The van der Waals surface area contributed by atoms with Gasteiger partial charge in [0.15, 0.2) is 5.89 Å². The van der Waals surface area contributed by atoms with Crippen molar-refractivity contribution < 1.29 is 9.21 Å². The van der Waals surface area contributed by atoms with Crippen molar-refractivity contribution in [3.63, 3.8) is 0 Å². The first-order valence-corrected chi connectivity index (χ1v) is 7.99. The summed E-state index contributed by atoms with van der Waals surface area (Å²) in [5.74, 6) is 2.68. The van der Waals surface area contributed by atoms with Crippen molar-refractivity contribution in [2.75, 3.05) is 7.05 Å². The second kappa shape index (κ2) is 5.79. The summed E-state index contributed by atoms with van der Waals surface area (Å²) in [6.07, 6.45) is 6.46. The van der Waals surface area contributed by atoms with Crippen molar-refractivity contribution in [1.29, 1.82) is 0 Å². The minimum Gasteiger partial charge on any atom is -0.444 e. The van der Waals surface area contributed by atoms with Crippen LogP contribution in [0.2, 0.25) is 0 Å². The number of carbonyl (C=O) groups excluding carboxylic acids is 1. The number of amides is 1. The van der Waals surface area contributed by atoms with E-state index in [2.05, 4.69) is 17.2 Å². The highest BCUT2D eigenvalue weighted by Crippen LogP contribution is 2.39. The quantitative estimate of drug-likeness (QED) is 0.926. The molecule has 5 nitrogen and oxygen atoms in total. The molecule has 1 aromatic rings. The molecule has 2 fully saturated rings. The smallest absolute Gasteiger partial charge is 0.240 e. The van der Waals surface area contributed by atoms with E-state index in [1.807, 2.05) is 18.9 Å². The molecule has 1 aliphatic carbocycles. The average Bonchev–Trinajstić information content (AvgIpc) is 3.04. The fraction of sp³-hybridized carbons (Fsp3) is 0.750. The van der Waals surface area contributed by atoms with Gasteiger partial charge in [0.2, 0.25) is 5.91 Å². The summed E-state index contributed by atoms with van der Waals surface area (Å²) in [6.45, 7) is 4.58. The molecule has 0 aromatic carbocycles. The predicted octanol–water partition coefficient (Wildman–Crippen LogP) is 2.11. The topological polar surface area (TPSA) is 58.4 Å². The molecule has 116 valence electrons. The molecule has 2 aliphatic rings. The molecular formula is C16H25N3O2. The van der Waals surface area contributed by atoms with Crippen molar-refractivity contribution >= 4 is 5.91 Å². The van der Waals surface area contributed by atoms with Crippen LogP contribution < -0.4 is 5.32 Å². The first-order chi connectivity index (χ1) is 10.1. The van der Waals surface area contributed by atoms with Crippen LogP contribution in [-0.4, -0.2) is 34.9 Å². The van der Waals surface area contributed by atoms with Gasteiger partial charge in [0.1, 0.15) is 5.76 Å². The molecule has 0 radical (unpaired) electrons. The number of fused-ring (bicyclic) bond motifs is 1. The van der Waals surface area contributed by atoms with E-state index in [1.165, 1.54) is 12.8 Å². The summed E-state index contributed by atoms with van der Waals surface area (Å²) in [6, 6.07) is 0.281. The molecule has 2 heterocycles. The maximum absolute atomic E-state index is 12.9. The Bertz CT molecular complexity index is 513. The van der Waals surface area contributed by atoms with Crippen molar-refractivity contribution in [1.82, 2.24) is 15.2 Å². The number of aromatic nitrogens is 1. The fourth-order valence-corrected chi connectivity index (χ4v) is 4.15. The van der Waals surface area contributed by atoms with Crippen LogP contribution in [0.1, 0.15) is 44.3 Å². The zero-order valence-corrected chi connectivity index (χ0v) is 13.1. The number of likely N-dealkylation sites (tertiary alicyclic amines) is 1. The van der Waals surface area contributed by atoms with Crippen LogP contribution >= 0.6 is 0 Å². The SMILES string of the molecule is CNC1C(=O)N(Cc2cnc(C)o2)C2CCCC2CC1C. The van der Waals surface area contributed by atoms with E-state index < -0.39 is 0 Å². The van der Waals surface area contributed by atoms with Crippen molar-refractivity contribution in [2.45, 2.75) is 58.2 Å². The Kier molecular flexibility index (Phi) is 4.02. The number of rotatable bonds is 3. The summed E-state index contributed by atoms with van der Waals surface area (Å²) >= 11 is 0. The molecule has 1 aromatic heterocycles. The molecule has 1 saturated heterocycles. The summed E-state index contributed by atoms with van der Waals surface area (Å²) in [7, 11) is 1.89. The average molecular weight is 291 g/mol. The summed E-state index contributed by atoms with van der Waals surface area (Å²) < 4.78 is 5.59. The van der Waals surface area contributed by atoms with Crippen LogP contribution in [0.15, 0.2) is 10.6 Å². The Morgan fingerprint density at radius 1 is 1.48 bits per heavy atom. The van der Waals surface area contributed by atoms with Crippen LogP contribution in [0.4, 0.5) is 0 Å². The van der Waals surface area contributed by atoms with E-state index in [0.29, 0.717) is 30.3 Å². The molecule has 1 aliphatic heterocycles. The standard InChI is InChI=1S/C16H25N3O2/c1-10-7-12-5-4-6-14(12)19(16(20)15(10)17-3)9-13-8-18-11(2)21-13/h8,10,12,14-15,17H,4-7,9H2,1-3H3. The second-order valence-corrected chi connectivity index (χ2v) is 6.55. The Hall–Kier alpha value is -1.36. The molecular weight excluding hydrogens is 266 g/mol. The number of hydrogen-bond donors (Lipinski definition) is 1. The minimum atomic E-state index is -0.0837. The van der Waals surface area contributed by atoms with Gasteiger partial charge in [0.25, 0.3) is 0 Å². The van der Waals surface area contributed by atoms with Crippen molar-refractivity contribution in [2.24, 2.45) is 11.8 Å². The molecule has 0 spiro atoms. The van der Waals surface area contributed by atoms with Gasteiger partial charge in [-0.1, -0.05) is 13.3 Å². The zero-order chi connectivity index (χ0) is 15.0. The lowest BCUT2D eigenvalue weighted by molar-refractivity contribution is -0.137. The number of oxazole rings is 1. The molecule has 4 atom stereocenters. The number of likely N-dealkylation sites (N-methyl/N-ethyl adjacent to an activating group) is 1. The maximum Gasteiger partial charge on any atom is 0.240 e. The largest absolute Gasteiger partial charge is 0.444 e. The van der Waals surface area contributed by atoms with Gasteiger partial charge < -0.3 is 14.6 Å². The van der Waals surface area contributed by atoms with Crippen LogP contribution in [0.3, 0.4) is 0 Å². The minimum absolute atomic E-state index is 0.0837. The van der Waals surface area contributed by atoms with E-state index in [4.69, 9.17) is 4.42 Å². The van der Waals surface area contributed by atoms with Gasteiger partial charge in [0, 0.05) is 13.0 Å². The van der Waals surface area contributed by atoms with E-state index in [0.717, 1.165) is 18.6 Å². The second-order valence-electron chi connectivity index (χ2n) is 6.55. The van der Waals surface area contributed by atoms with E-state index >= 15 is 0 Å². The third-order valence-electron chi connectivity index (χ3n) is 5.12. The van der Waals surface area contributed by atoms with Gasteiger partial charge in [-0.15, -0.1) is 0 Å². The first kappa shape index (κ1) is 14.6. The lowest BCUT2D eigenvalue weighted by Gasteiger charge is -2.31. The Balaban J connectivity index is 1.87. The number of carbonyl (C=O) groups is 1. The van der Waals surface area contributed by atoms with Gasteiger partial charge in [-0.05, 0) is 38.1 Å². The molecule has 1 N–H and O–H groups in total. The Morgan fingerprint density at radius 3 is 2.95 bits per heavy atom. The van der Waals surface area contributed by atoms with E-state index in [-0.39, 0.29) is 11.9 Å².